The van der Waals surface area contributed by atoms with E-state index in [0.29, 0.717) is 0 Å². The normalized spacial score (nSPS) is 23.1. The van der Waals surface area contributed by atoms with Crippen LogP contribution in [0.1, 0.15) is 0 Å². The van der Waals surface area contributed by atoms with Gasteiger partial charge in [-0.05, 0) is 0 Å². The van der Waals surface area contributed by atoms with E-state index < -0.39 is 0 Å². The van der Waals surface area contributed by atoms with E-state index in [1.165, 1.54) is 0 Å². The van der Waals surface area contributed by atoms with Gasteiger partial charge in [0.15, 0.2) is 0 Å². The van der Waals surface area contributed by atoms with Crippen LogP contribution in [-0.2, 0) is 0 Å². The second-order valence-corrected chi connectivity index (χ2v) is 2.09. The van der Waals surface area contributed by atoms with Crippen LogP contribution >= 0.6 is 0 Å². The Morgan fingerprint density at radius 1 is 1.67 bits per heavy atom. The molecule has 0 aliphatic carbocycles. The second kappa shape index (κ2) is 1.72. The van der Waals surface area contributed by atoms with E-state index in [9.17, 15) is 0 Å². The molecular weight excluding hydrogens is 116 g/mol. The van der Waals surface area contributed by atoms with Gasteiger partial charge in [-0.3, -0.25) is 10.4 Å². The third-order valence-electron chi connectivity index (χ3n) is 1.50. The van der Waals surface area contributed by atoms with Gasteiger partial charge in [0.1, 0.15) is 12.5 Å². The van der Waals surface area contributed by atoms with Gasteiger partial charge in [0.2, 0.25) is 0 Å². The van der Waals surface area contributed by atoms with Crippen molar-refractivity contribution in [2.24, 2.45) is 10.1 Å². The zero-order valence-corrected chi connectivity index (χ0v) is 5.04. The summed E-state index contributed by atoms with van der Waals surface area (Å²) in [5.74, 6) is 1.07. The van der Waals surface area contributed by atoms with E-state index in [2.05, 4.69) is 20.4 Å². The van der Waals surface area contributed by atoms with Crippen molar-refractivity contribution >= 4 is 12.1 Å². The Balaban J connectivity index is 2.20. The zero-order chi connectivity index (χ0) is 6.10. The summed E-state index contributed by atoms with van der Waals surface area (Å²) in [6.45, 7) is 2.50. The summed E-state index contributed by atoms with van der Waals surface area (Å²) in [6, 6.07) is 0. The average molecular weight is 124 g/mol. The molecule has 0 saturated carbocycles. The van der Waals surface area contributed by atoms with Gasteiger partial charge in [0, 0.05) is 6.21 Å². The molecule has 4 nitrogen and oxygen atoms in total. The molecule has 0 fully saturated rings. The molecule has 0 aromatic rings. The summed E-state index contributed by atoms with van der Waals surface area (Å²) in [5, 5.41) is 4.04. The van der Waals surface area contributed by atoms with E-state index in [4.69, 9.17) is 0 Å². The minimum atomic E-state index is 0.743. The van der Waals surface area contributed by atoms with Gasteiger partial charge in [0.05, 0.1) is 13.1 Å². The molecule has 0 saturated heterocycles. The minimum Gasteiger partial charge on any atom is -0.333 e. The first-order valence-corrected chi connectivity index (χ1v) is 2.99. The van der Waals surface area contributed by atoms with Crippen molar-refractivity contribution in [3.05, 3.63) is 0 Å². The maximum Gasteiger partial charge on any atom is 0.148 e. The summed E-state index contributed by atoms with van der Waals surface area (Å²) < 4.78 is 0. The van der Waals surface area contributed by atoms with Crippen LogP contribution in [0.25, 0.3) is 0 Å². The van der Waals surface area contributed by atoms with Crippen molar-refractivity contribution in [2.75, 3.05) is 19.8 Å². The van der Waals surface area contributed by atoms with Gasteiger partial charge in [-0.15, -0.1) is 0 Å². The van der Waals surface area contributed by atoms with Crippen molar-refractivity contribution in [1.82, 2.24) is 10.3 Å². The highest BCUT2D eigenvalue weighted by Gasteiger charge is 2.16. The minimum absolute atomic E-state index is 0.743. The molecule has 0 bridgehead atoms. The van der Waals surface area contributed by atoms with Gasteiger partial charge in [-0.2, -0.15) is 5.10 Å². The summed E-state index contributed by atoms with van der Waals surface area (Å²) in [5.41, 5.74) is 2.90. The molecule has 2 aliphatic rings. The number of fused-ring (bicyclic) bond motifs is 1. The first kappa shape index (κ1) is 4.78. The monoisotopic (exact) mass is 124 g/mol. The quantitative estimate of drug-likeness (QED) is 0.461. The largest absolute Gasteiger partial charge is 0.333 e. The van der Waals surface area contributed by atoms with Gasteiger partial charge < -0.3 is 4.90 Å². The van der Waals surface area contributed by atoms with Crippen molar-refractivity contribution < 1.29 is 0 Å². The number of hydrazone groups is 1. The standard InChI is InChI=1S/C5H8N4/c1-2-9-4-7-8-5(9)3-6-1/h1,7H,2-4H2. The highest BCUT2D eigenvalue weighted by Crippen LogP contribution is 1.99. The Labute approximate surface area is 53.3 Å². The Bertz CT molecular complexity index is 172. The predicted octanol–water partition coefficient (Wildman–Crippen LogP) is -0.753. The first-order valence-electron chi connectivity index (χ1n) is 2.99. The fraction of sp³-hybridized carbons (Fsp3) is 0.600. The summed E-state index contributed by atoms with van der Waals surface area (Å²) in [4.78, 5) is 6.24. The molecule has 0 amide bonds. The van der Waals surface area contributed by atoms with E-state index in [-0.39, 0.29) is 0 Å². The van der Waals surface area contributed by atoms with E-state index >= 15 is 0 Å². The van der Waals surface area contributed by atoms with Crippen LogP contribution < -0.4 is 5.43 Å². The van der Waals surface area contributed by atoms with Crippen LogP contribution in [0.5, 0.6) is 0 Å². The van der Waals surface area contributed by atoms with Crippen molar-refractivity contribution in [3.8, 4) is 0 Å². The van der Waals surface area contributed by atoms with Gasteiger partial charge >= 0.3 is 0 Å². The van der Waals surface area contributed by atoms with Gasteiger partial charge in [-0.25, -0.2) is 0 Å². The third-order valence-corrected chi connectivity index (χ3v) is 1.50. The van der Waals surface area contributed by atoms with E-state index in [0.717, 1.165) is 25.6 Å². The molecule has 9 heavy (non-hydrogen) atoms. The Kier molecular flexibility index (Phi) is 0.913. The third kappa shape index (κ3) is 0.667. The number of hydrogen-bond donors (Lipinski definition) is 1. The Morgan fingerprint density at radius 2 is 2.67 bits per heavy atom. The number of nitrogens with zero attached hydrogens (tertiary/aromatic N) is 3. The molecule has 48 valence electrons. The Hall–Kier alpha value is -1.06. The smallest absolute Gasteiger partial charge is 0.148 e. The lowest BCUT2D eigenvalue weighted by Gasteiger charge is -2.18. The van der Waals surface area contributed by atoms with Crippen LogP contribution in [0.15, 0.2) is 10.1 Å². The maximum atomic E-state index is 4.08. The van der Waals surface area contributed by atoms with Crippen LogP contribution in [-0.4, -0.2) is 36.7 Å². The molecule has 1 N–H and O–H groups in total. The number of aliphatic imine (C=N–C) groups is 1. The van der Waals surface area contributed by atoms with Gasteiger partial charge in [0.25, 0.3) is 0 Å². The summed E-state index contributed by atoms with van der Waals surface area (Å²) in [6.07, 6.45) is 1.92. The lowest BCUT2D eigenvalue weighted by Crippen LogP contribution is -2.35. The number of nitrogens with one attached hydrogen (secondary N) is 1. The van der Waals surface area contributed by atoms with E-state index in [1.807, 2.05) is 6.21 Å². The molecule has 0 radical (unpaired) electrons. The van der Waals surface area contributed by atoms with Gasteiger partial charge in [-0.1, -0.05) is 0 Å². The van der Waals surface area contributed by atoms with Crippen LogP contribution in [0.3, 0.4) is 0 Å². The molecular formula is C5H8N4. The second-order valence-electron chi connectivity index (χ2n) is 2.09. The lowest BCUT2D eigenvalue weighted by atomic mass is 10.4. The lowest BCUT2D eigenvalue weighted by molar-refractivity contribution is 0.471. The number of hydrogen-bond acceptors (Lipinski definition) is 4. The molecule has 0 unspecified atom stereocenters. The fourth-order valence-electron chi connectivity index (χ4n) is 0.982. The number of rotatable bonds is 0. The van der Waals surface area contributed by atoms with Crippen LogP contribution in [0.4, 0.5) is 0 Å². The molecule has 0 atom stereocenters. The molecule has 2 aliphatic heterocycles. The van der Waals surface area contributed by atoms with Crippen LogP contribution in [0.2, 0.25) is 0 Å². The first-order chi connectivity index (χ1) is 4.47. The fourth-order valence-corrected chi connectivity index (χ4v) is 0.982. The summed E-state index contributed by atoms with van der Waals surface area (Å²) >= 11 is 0. The predicted molar refractivity (Wildman–Crippen MR) is 35.5 cm³/mol. The summed E-state index contributed by atoms with van der Waals surface area (Å²) in [7, 11) is 0. The SMILES string of the molecule is C1=NCC2=NNCN2C1. The van der Waals surface area contributed by atoms with Crippen molar-refractivity contribution in [1.29, 1.82) is 0 Å². The number of amidine groups is 1. The molecule has 0 aromatic carbocycles. The zero-order valence-electron chi connectivity index (χ0n) is 5.04. The molecule has 2 heterocycles. The van der Waals surface area contributed by atoms with Crippen molar-refractivity contribution in [3.63, 3.8) is 0 Å². The molecule has 2 rings (SSSR count). The molecule has 4 heteroatoms. The Morgan fingerprint density at radius 3 is 3.56 bits per heavy atom. The molecule has 0 aromatic heterocycles. The highest BCUT2D eigenvalue weighted by atomic mass is 15.5. The van der Waals surface area contributed by atoms with Crippen LogP contribution in [0, 0.1) is 0 Å². The van der Waals surface area contributed by atoms with E-state index in [1.54, 1.807) is 0 Å². The van der Waals surface area contributed by atoms with Crippen molar-refractivity contribution in [2.45, 2.75) is 0 Å². The molecule has 0 spiro atoms. The highest BCUT2D eigenvalue weighted by molar-refractivity contribution is 5.90. The topological polar surface area (TPSA) is 40.0 Å². The maximum absolute atomic E-state index is 4.08. The average Bonchev–Trinajstić information content (AvgIpc) is 2.33.